The Balaban J connectivity index is 0.000000720. The van der Waals surface area contributed by atoms with Crippen LogP contribution in [0.3, 0.4) is 0 Å². The largest absolute Gasteiger partial charge is 0.316 e. The quantitative estimate of drug-likeness (QED) is 0.758. The number of piperidine rings is 1. The fourth-order valence-corrected chi connectivity index (χ4v) is 2.28. The molecule has 12 heavy (non-hydrogen) atoms. The van der Waals surface area contributed by atoms with E-state index in [0.29, 0.717) is 0 Å². The van der Waals surface area contributed by atoms with Crippen molar-refractivity contribution < 1.29 is 0 Å². The second-order valence-corrected chi connectivity index (χ2v) is 3.87. The average molecular weight is 205 g/mol. The summed E-state index contributed by atoms with van der Waals surface area (Å²) in [4.78, 5) is 5.53. The monoisotopic (exact) mass is 204 g/mol. The summed E-state index contributed by atoms with van der Waals surface area (Å²) in [5.41, 5.74) is 1.92. The van der Waals surface area contributed by atoms with Gasteiger partial charge >= 0.3 is 0 Å². The van der Waals surface area contributed by atoms with Crippen LogP contribution < -0.4 is 5.32 Å². The number of aromatic nitrogens is 1. The molecule has 1 aromatic rings. The zero-order chi connectivity index (χ0) is 7.52. The van der Waals surface area contributed by atoms with E-state index < -0.39 is 0 Å². The molecular weight excluding hydrogens is 192 g/mol. The van der Waals surface area contributed by atoms with E-state index in [-0.39, 0.29) is 12.4 Å². The Morgan fingerprint density at radius 2 is 2.50 bits per heavy atom. The van der Waals surface area contributed by atoms with E-state index in [0.717, 1.165) is 12.5 Å². The van der Waals surface area contributed by atoms with Crippen LogP contribution in [0.2, 0.25) is 0 Å². The first-order valence-corrected chi connectivity index (χ1v) is 4.94. The maximum Gasteiger partial charge on any atom is 0.0794 e. The van der Waals surface area contributed by atoms with Gasteiger partial charge in [0.15, 0.2) is 0 Å². The van der Waals surface area contributed by atoms with Gasteiger partial charge in [0.2, 0.25) is 0 Å². The van der Waals surface area contributed by atoms with Crippen molar-refractivity contribution in [1.82, 2.24) is 10.3 Å². The standard InChI is InChI=1S/C8H12N2S.ClH/c1-2-7(4-9-3-1)8-5-10-6-11-8;/h5-7,9H,1-4H2;1H. The molecule has 2 nitrogen and oxygen atoms in total. The lowest BCUT2D eigenvalue weighted by atomic mass is 9.99. The number of nitrogens with one attached hydrogen (secondary N) is 1. The first-order valence-electron chi connectivity index (χ1n) is 4.06. The molecule has 0 amide bonds. The summed E-state index contributed by atoms with van der Waals surface area (Å²) in [7, 11) is 0. The van der Waals surface area contributed by atoms with Crippen LogP contribution in [-0.2, 0) is 0 Å². The van der Waals surface area contributed by atoms with E-state index in [4.69, 9.17) is 0 Å². The number of rotatable bonds is 1. The number of hydrogen-bond donors (Lipinski definition) is 1. The van der Waals surface area contributed by atoms with Gasteiger partial charge in [-0.05, 0) is 19.4 Å². The summed E-state index contributed by atoms with van der Waals surface area (Å²) in [6, 6.07) is 0. The summed E-state index contributed by atoms with van der Waals surface area (Å²) >= 11 is 1.78. The maximum absolute atomic E-state index is 4.09. The minimum Gasteiger partial charge on any atom is -0.316 e. The van der Waals surface area contributed by atoms with Crippen molar-refractivity contribution in [2.24, 2.45) is 0 Å². The fourth-order valence-electron chi connectivity index (χ4n) is 1.52. The third-order valence-electron chi connectivity index (χ3n) is 2.15. The molecule has 1 aliphatic heterocycles. The van der Waals surface area contributed by atoms with Crippen molar-refractivity contribution in [2.45, 2.75) is 18.8 Å². The highest BCUT2D eigenvalue weighted by molar-refractivity contribution is 7.09. The lowest BCUT2D eigenvalue weighted by Gasteiger charge is -2.20. The first-order chi connectivity index (χ1) is 5.47. The molecule has 0 spiro atoms. The van der Waals surface area contributed by atoms with E-state index in [9.17, 15) is 0 Å². The lowest BCUT2D eigenvalue weighted by Crippen LogP contribution is -2.27. The third-order valence-corrected chi connectivity index (χ3v) is 3.09. The van der Waals surface area contributed by atoms with Crippen LogP contribution in [0.15, 0.2) is 11.7 Å². The molecule has 4 heteroatoms. The molecule has 0 aromatic carbocycles. The van der Waals surface area contributed by atoms with Gasteiger partial charge in [-0.15, -0.1) is 23.7 Å². The molecule has 1 unspecified atom stereocenters. The van der Waals surface area contributed by atoms with Crippen molar-refractivity contribution in [3.05, 3.63) is 16.6 Å². The second-order valence-electron chi connectivity index (χ2n) is 2.95. The Hall–Kier alpha value is -0.120. The van der Waals surface area contributed by atoms with Crippen LogP contribution in [-0.4, -0.2) is 18.1 Å². The van der Waals surface area contributed by atoms with Crippen molar-refractivity contribution in [3.8, 4) is 0 Å². The highest BCUT2D eigenvalue weighted by Crippen LogP contribution is 2.25. The van der Waals surface area contributed by atoms with Gasteiger partial charge < -0.3 is 5.32 Å². The maximum atomic E-state index is 4.09. The second kappa shape index (κ2) is 4.80. The van der Waals surface area contributed by atoms with Gasteiger partial charge in [-0.3, -0.25) is 4.98 Å². The number of thiazole rings is 1. The Bertz CT molecular complexity index is 207. The molecule has 68 valence electrons. The van der Waals surface area contributed by atoms with Gasteiger partial charge in [0.05, 0.1) is 5.51 Å². The molecule has 1 atom stereocenters. The highest BCUT2D eigenvalue weighted by Gasteiger charge is 2.15. The predicted molar refractivity (Wildman–Crippen MR) is 54.2 cm³/mol. The molecule has 1 aliphatic rings. The normalized spacial score (nSPS) is 23.2. The van der Waals surface area contributed by atoms with Crippen LogP contribution in [0.25, 0.3) is 0 Å². The highest BCUT2D eigenvalue weighted by atomic mass is 35.5. The zero-order valence-corrected chi connectivity index (χ0v) is 8.46. The van der Waals surface area contributed by atoms with Gasteiger partial charge in [-0.25, -0.2) is 0 Å². The van der Waals surface area contributed by atoms with E-state index in [2.05, 4.69) is 10.3 Å². The number of halogens is 1. The molecule has 2 rings (SSSR count). The number of nitrogens with zero attached hydrogens (tertiary/aromatic N) is 1. The van der Waals surface area contributed by atoms with Gasteiger partial charge in [0.1, 0.15) is 0 Å². The molecule has 0 radical (unpaired) electrons. The number of hydrogen-bond acceptors (Lipinski definition) is 3. The summed E-state index contributed by atoms with van der Waals surface area (Å²) in [6.45, 7) is 2.33. The Kier molecular flexibility index (Phi) is 3.98. The van der Waals surface area contributed by atoms with Crippen molar-refractivity contribution in [2.75, 3.05) is 13.1 Å². The third kappa shape index (κ3) is 2.19. The van der Waals surface area contributed by atoms with Crippen LogP contribution in [0, 0.1) is 0 Å². The smallest absolute Gasteiger partial charge is 0.0794 e. The summed E-state index contributed by atoms with van der Waals surface area (Å²) < 4.78 is 0. The summed E-state index contributed by atoms with van der Waals surface area (Å²) in [6.07, 6.45) is 4.64. The van der Waals surface area contributed by atoms with Crippen LogP contribution in [0.4, 0.5) is 0 Å². The Morgan fingerprint density at radius 1 is 1.58 bits per heavy atom. The topological polar surface area (TPSA) is 24.9 Å². The SMILES string of the molecule is Cl.c1ncc(C2CCCNC2)s1. The molecule has 0 saturated carbocycles. The molecule has 0 bridgehead atoms. The molecular formula is C8H13ClN2S. The van der Waals surface area contributed by atoms with Crippen LogP contribution >= 0.6 is 23.7 Å². The summed E-state index contributed by atoms with van der Waals surface area (Å²) in [5, 5.41) is 3.40. The molecule has 0 aliphatic carbocycles. The zero-order valence-electron chi connectivity index (χ0n) is 6.82. The molecule has 1 N–H and O–H groups in total. The Morgan fingerprint density at radius 3 is 3.08 bits per heavy atom. The average Bonchev–Trinajstić information content (AvgIpc) is 2.58. The van der Waals surface area contributed by atoms with Crippen molar-refractivity contribution >= 4 is 23.7 Å². The molecule has 1 fully saturated rings. The van der Waals surface area contributed by atoms with Crippen molar-refractivity contribution in [1.29, 1.82) is 0 Å². The van der Waals surface area contributed by atoms with Crippen molar-refractivity contribution in [3.63, 3.8) is 0 Å². The fraction of sp³-hybridized carbons (Fsp3) is 0.625. The van der Waals surface area contributed by atoms with Gasteiger partial charge in [0, 0.05) is 23.5 Å². The molecule has 2 heterocycles. The van der Waals surface area contributed by atoms with Gasteiger partial charge in [0.25, 0.3) is 0 Å². The minimum absolute atomic E-state index is 0. The van der Waals surface area contributed by atoms with E-state index in [1.165, 1.54) is 24.3 Å². The molecule has 1 aromatic heterocycles. The lowest BCUT2D eigenvalue weighted by molar-refractivity contribution is 0.466. The Labute approximate surface area is 82.8 Å². The van der Waals surface area contributed by atoms with Gasteiger partial charge in [-0.1, -0.05) is 0 Å². The summed E-state index contributed by atoms with van der Waals surface area (Å²) in [5.74, 6) is 0.733. The minimum atomic E-state index is 0. The molecule has 1 saturated heterocycles. The predicted octanol–water partition coefficient (Wildman–Crippen LogP) is 2.03. The van der Waals surface area contributed by atoms with E-state index in [1.54, 1.807) is 11.3 Å². The van der Waals surface area contributed by atoms with Gasteiger partial charge in [-0.2, -0.15) is 0 Å². The van der Waals surface area contributed by atoms with E-state index >= 15 is 0 Å². The van der Waals surface area contributed by atoms with Crippen LogP contribution in [0.1, 0.15) is 23.6 Å². The first kappa shape index (κ1) is 9.96. The van der Waals surface area contributed by atoms with Crippen LogP contribution in [0.5, 0.6) is 0 Å². The van der Waals surface area contributed by atoms with E-state index in [1.807, 2.05) is 11.7 Å².